The van der Waals surface area contributed by atoms with E-state index >= 15 is 0 Å². The van der Waals surface area contributed by atoms with Gasteiger partial charge in [0, 0.05) is 4.47 Å². The van der Waals surface area contributed by atoms with Crippen LogP contribution in [0.25, 0.3) is 0 Å². The monoisotopic (exact) mass is 249 g/mol. The van der Waals surface area contributed by atoms with Gasteiger partial charge in [-0.1, -0.05) is 15.9 Å². The Morgan fingerprint density at radius 3 is 2.38 bits per heavy atom. The predicted molar refractivity (Wildman–Crippen MR) is 53.1 cm³/mol. The molecule has 0 aliphatic carbocycles. The first-order valence-electron chi connectivity index (χ1n) is 3.34. The molecule has 1 aromatic rings. The van der Waals surface area contributed by atoms with Crippen molar-refractivity contribution in [2.24, 2.45) is 0 Å². The number of carbonyl (C=O) groups excluding carboxylic acids is 2. The Morgan fingerprint density at radius 2 is 1.69 bits per heavy atom. The Labute approximate surface area is 105 Å². The summed E-state index contributed by atoms with van der Waals surface area (Å²) in [5.41, 5.74) is 0.887. The van der Waals surface area contributed by atoms with Crippen molar-refractivity contribution in [3.05, 3.63) is 33.8 Å². The van der Waals surface area contributed by atoms with Crippen LogP contribution in [-0.4, -0.2) is 41.4 Å². The third kappa shape index (κ3) is 1.86. The van der Waals surface area contributed by atoms with Gasteiger partial charge in [-0.3, -0.25) is 14.9 Å². The number of rotatable bonds is 0. The molecule has 62 valence electrons. The quantitative estimate of drug-likeness (QED) is 0.543. The van der Waals surface area contributed by atoms with Gasteiger partial charge in [0.2, 0.25) is 0 Å². The predicted octanol–water partition coefficient (Wildman–Crippen LogP) is 0.684. The van der Waals surface area contributed by atoms with Gasteiger partial charge in [-0.25, -0.2) is 0 Å². The zero-order valence-electron chi connectivity index (χ0n) is 5.93. The van der Waals surface area contributed by atoms with Crippen LogP contribution in [0.4, 0.5) is 0 Å². The van der Waals surface area contributed by atoms with Crippen molar-refractivity contribution in [3.8, 4) is 0 Å². The summed E-state index contributed by atoms with van der Waals surface area (Å²) in [5.74, 6) is -0.640. The number of hydrogen-bond donors (Lipinski definition) is 1. The van der Waals surface area contributed by atoms with Crippen molar-refractivity contribution < 1.29 is 9.59 Å². The van der Waals surface area contributed by atoms with Gasteiger partial charge in [-0.2, -0.15) is 0 Å². The summed E-state index contributed by atoms with van der Waals surface area (Å²) < 4.78 is 0.797. The molecular weight excluding hydrogens is 245 g/mol. The summed E-state index contributed by atoms with van der Waals surface area (Å²) >= 11 is 3.22. The molecule has 3 nitrogen and oxygen atoms in total. The van der Waals surface area contributed by atoms with Crippen LogP contribution in [0.15, 0.2) is 22.7 Å². The van der Waals surface area contributed by atoms with Gasteiger partial charge >= 0.3 is 29.6 Å². The average molecular weight is 250 g/mol. The summed E-state index contributed by atoms with van der Waals surface area (Å²) in [6.07, 6.45) is 0. The van der Waals surface area contributed by atoms with Gasteiger partial charge in [0.25, 0.3) is 11.8 Å². The Hall–Kier alpha value is -0.160. The second-order valence-electron chi connectivity index (χ2n) is 2.47. The van der Waals surface area contributed by atoms with E-state index < -0.39 is 0 Å². The van der Waals surface area contributed by atoms with Gasteiger partial charge in [0.05, 0.1) is 11.1 Å². The molecule has 0 saturated carbocycles. The molecular formula is C8H5BrNNaO2. The topological polar surface area (TPSA) is 46.2 Å². The van der Waals surface area contributed by atoms with E-state index in [9.17, 15) is 9.59 Å². The molecule has 0 spiro atoms. The Kier molecular flexibility index (Phi) is 3.29. The van der Waals surface area contributed by atoms with Gasteiger partial charge in [0.15, 0.2) is 0 Å². The standard InChI is InChI=1S/C8H4BrNO2.Na.H/c9-4-1-2-5-6(3-4)8(12)10-7(5)11;;/h1-3H,(H,10,11,12);;. The van der Waals surface area contributed by atoms with Gasteiger partial charge in [0.1, 0.15) is 0 Å². The first-order valence-corrected chi connectivity index (χ1v) is 4.13. The van der Waals surface area contributed by atoms with E-state index in [0.29, 0.717) is 11.1 Å². The number of benzene rings is 1. The summed E-state index contributed by atoms with van der Waals surface area (Å²) in [6, 6.07) is 4.99. The molecule has 2 amide bonds. The van der Waals surface area contributed by atoms with E-state index in [1.54, 1.807) is 18.2 Å². The fourth-order valence-corrected chi connectivity index (χ4v) is 1.50. The summed E-state index contributed by atoms with van der Waals surface area (Å²) in [5, 5.41) is 2.21. The molecule has 0 fully saturated rings. The second-order valence-corrected chi connectivity index (χ2v) is 3.39. The van der Waals surface area contributed by atoms with Gasteiger partial charge in [-0.15, -0.1) is 0 Å². The number of amides is 2. The van der Waals surface area contributed by atoms with Crippen LogP contribution in [0, 0.1) is 0 Å². The van der Waals surface area contributed by atoms with Gasteiger partial charge in [-0.05, 0) is 18.2 Å². The first-order chi connectivity index (χ1) is 5.68. The molecule has 2 rings (SSSR count). The number of carbonyl (C=O) groups is 2. The fourth-order valence-electron chi connectivity index (χ4n) is 1.14. The second kappa shape index (κ2) is 3.92. The Bertz CT molecular complexity index is 392. The maximum absolute atomic E-state index is 11.1. The van der Waals surface area contributed by atoms with Crippen LogP contribution < -0.4 is 5.32 Å². The first kappa shape index (κ1) is 10.9. The van der Waals surface area contributed by atoms with Crippen LogP contribution in [0.2, 0.25) is 0 Å². The third-order valence-electron chi connectivity index (χ3n) is 1.70. The van der Waals surface area contributed by atoms with Crippen LogP contribution in [-0.2, 0) is 0 Å². The van der Waals surface area contributed by atoms with Crippen molar-refractivity contribution >= 4 is 57.3 Å². The Morgan fingerprint density at radius 1 is 1.08 bits per heavy atom. The van der Waals surface area contributed by atoms with Crippen molar-refractivity contribution in [1.82, 2.24) is 5.32 Å². The number of halogens is 1. The molecule has 1 heterocycles. The maximum atomic E-state index is 11.1. The van der Waals surface area contributed by atoms with E-state index in [4.69, 9.17) is 0 Å². The number of imide groups is 1. The van der Waals surface area contributed by atoms with E-state index in [0.717, 1.165) is 4.47 Å². The van der Waals surface area contributed by atoms with E-state index in [1.165, 1.54) is 0 Å². The minimum absolute atomic E-state index is 0. The van der Waals surface area contributed by atoms with E-state index in [2.05, 4.69) is 21.2 Å². The van der Waals surface area contributed by atoms with Crippen molar-refractivity contribution in [1.29, 1.82) is 0 Å². The molecule has 1 aliphatic heterocycles. The van der Waals surface area contributed by atoms with Crippen LogP contribution >= 0.6 is 15.9 Å². The minimum atomic E-state index is -0.323. The molecule has 0 unspecified atom stereocenters. The van der Waals surface area contributed by atoms with Crippen molar-refractivity contribution in [2.45, 2.75) is 0 Å². The summed E-state index contributed by atoms with van der Waals surface area (Å²) in [4.78, 5) is 22.1. The molecule has 1 aromatic carbocycles. The SMILES string of the molecule is O=C1NC(=O)c2cc(Br)ccc21.[NaH]. The molecule has 1 aliphatic rings. The molecule has 0 saturated heterocycles. The molecule has 13 heavy (non-hydrogen) atoms. The van der Waals surface area contributed by atoms with Crippen LogP contribution in [0.3, 0.4) is 0 Å². The molecule has 1 N–H and O–H groups in total. The average Bonchev–Trinajstić information content (AvgIpc) is 2.28. The summed E-state index contributed by atoms with van der Waals surface area (Å²) in [7, 11) is 0. The molecule has 0 radical (unpaired) electrons. The molecule has 0 bridgehead atoms. The van der Waals surface area contributed by atoms with Crippen LogP contribution in [0.1, 0.15) is 20.7 Å². The molecule has 0 atom stereocenters. The fraction of sp³-hybridized carbons (Fsp3) is 0. The third-order valence-corrected chi connectivity index (χ3v) is 2.19. The van der Waals surface area contributed by atoms with E-state index in [1.807, 2.05) is 0 Å². The molecule has 0 aromatic heterocycles. The normalized spacial score (nSPS) is 13.3. The number of fused-ring (bicyclic) bond motifs is 1. The van der Waals surface area contributed by atoms with Crippen molar-refractivity contribution in [2.75, 3.05) is 0 Å². The van der Waals surface area contributed by atoms with Crippen LogP contribution in [0.5, 0.6) is 0 Å². The molecule has 5 heteroatoms. The van der Waals surface area contributed by atoms with E-state index in [-0.39, 0.29) is 41.4 Å². The number of nitrogens with one attached hydrogen (secondary N) is 1. The Balaban J connectivity index is 0.000000845. The number of hydrogen-bond acceptors (Lipinski definition) is 2. The summed E-state index contributed by atoms with van der Waals surface area (Å²) in [6.45, 7) is 0. The van der Waals surface area contributed by atoms with Gasteiger partial charge < -0.3 is 0 Å². The zero-order valence-corrected chi connectivity index (χ0v) is 7.51. The zero-order chi connectivity index (χ0) is 8.72. The van der Waals surface area contributed by atoms with Crippen molar-refractivity contribution in [3.63, 3.8) is 0 Å².